The van der Waals surface area contributed by atoms with Gasteiger partial charge in [-0.15, -0.1) is 0 Å². The molecule has 0 aliphatic heterocycles. The van der Waals surface area contributed by atoms with Gasteiger partial charge >= 0.3 is 5.97 Å². The first-order chi connectivity index (χ1) is 7.63. The molecule has 94 valence electrons. The predicted octanol–water partition coefficient (Wildman–Crippen LogP) is -2.83. The maximum absolute atomic E-state index is 11.5. The van der Waals surface area contributed by atoms with Crippen molar-refractivity contribution in [2.45, 2.75) is 12.7 Å². The fourth-order valence-corrected chi connectivity index (χ4v) is 1.68. The van der Waals surface area contributed by atoms with Gasteiger partial charge in [0.05, 0.1) is 12.2 Å². The Hall–Kier alpha value is -1.20. The average molecular weight is 275 g/mol. The molecule has 1 rings (SSSR count). The van der Waals surface area contributed by atoms with E-state index in [1.165, 1.54) is 11.8 Å². The molecule has 0 amide bonds. The summed E-state index contributed by atoms with van der Waals surface area (Å²) in [7, 11) is 0. The first-order valence-electron chi connectivity index (χ1n) is 4.90. The van der Waals surface area contributed by atoms with Crippen LogP contribution in [0.2, 0.25) is 0 Å². The highest BCUT2D eigenvalue weighted by molar-refractivity contribution is 8.12. The molecule has 0 atom stereocenters. The Labute approximate surface area is 111 Å². The molecule has 0 aliphatic carbocycles. The van der Waals surface area contributed by atoms with Crippen LogP contribution >= 0.6 is 11.8 Å². The van der Waals surface area contributed by atoms with Gasteiger partial charge in [-0.2, -0.15) is 0 Å². The SMILES string of the molecule is CCOC(=O)c1cccc(CSC(N)=[NH2+])c1.[Cl-]. The molecule has 1 aromatic carbocycles. The van der Waals surface area contributed by atoms with Crippen LogP contribution in [-0.2, 0) is 10.5 Å². The van der Waals surface area contributed by atoms with Crippen molar-refractivity contribution in [2.24, 2.45) is 5.73 Å². The number of carbonyl (C=O) groups excluding carboxylic acids is 1. The van der Waals surface area contributed by atoms with E-state index in [-0.39, 0.29) is 18.4 Å². The Bertz CT molecular complexity index is 399. The fourth-order valence-electron chi connectivity index (χ4n) is 1.17. The molecule has 6 heteroatoms. The number of hydrogen-bond acceptors (Lipinski definition) is 3. The van der Waals surface area contributed by atoms with Crippen LogP contribution in [-0.4, -0.2) is 17.7 Å². The van der Waals surface area contributed by atoms with E-state index >= 15 is 0 Å². The molecule has 0 radical (unpaired) electrons. The summed E-state index contributed by atoms with van der Waals surface area (Å²) in [5.74, 6) is 0.342. The molecule has 0 fully saturated rings. The summed E-state index contributed by atoms with van der Waals surface area (Å²) < 4.78 is 4.91. The van der Waals surface area contributed by atoms with E-state index in [4.69, 9.17) is 15.9 Å². The number of thioether (sulfide) groups is 1. The molecule has 0 heterocycles. The van der Waals surface area contributed by atoms with Crippen molar-refractivity contribution in [2.75, 3.05) is 6.61 Å². The van der Waals surface area contributed by atoms with Crippen molar-refractivity contribution in [3.63, 3.8) is 0 Å². The van der Waals surface area contributed by atoms with E-state index in [2.05, 4.69) is 0 Å². The normalized spacial score (nSPS) is 9.24. The standard InChI is InChI=1S/C11H14N2O2S.ClH/c1-2-15-10(14)9-5-3-4-8(6-9)7-16-11(12)13;/h3-6H,2,7H2,1H3,(H3,12,13);1H. The van der Waals surface area contributed by atoms with Crippen molar-refractivity contribution in [1.29, 1.82) is 0 Å². The number of nitrogens with two attached hydrogens (primary N) is 2. The Morgan fingerprint density at radius 1 is 1.53 bits per heavy atom. The lowest BCUT2D eigenvalue weighted by molar-refractivity contribution is -0.110. The maximum Gasteiger partial charge on any atom is 0.338 e. The third-order valence-electron chi connectivity index (χ3n) is 1.84. The smallest absolute Gasteiger partial charge is 0.338 e. The first kappa shape index (κ1) is 15.8. The van der Waals surface area contributed by atoms with Crippen molar-refractivity contribution in [3.05, 3.63) is 35.4 Å². The topological polar surface area (TPSA) is 77.9 Å². The van der Waals surface area contributed by atoms with E-state index in [0.717, 1.165) is 5.56 Å². The molecule has 4 nitrogen and oxygen atoms in total. The van der Waals surface area contributed by atoms with Gasteiger partial charge in [-0.1, -0.05) is 12.1 Å². The summed E-state index contributed by atoms with van der Waals surface area (Å²) in [4.78, 5) is 11.5. The number of amidine groups is 1. The molecule has 4 N–H and O–H groups in total. The number of halogens is 1. The summed E-state index contributed by atoms with van der Waals surface area (Å²) in [6.45, 7) is 2.16. The second-order valence-electron chi connectivity index (χ2n) is 3.11. The summed E-state index contributed by atoms with van der Waals surface area (Å²) in [5, 5.41) is 5.67. The number of esters is 1. The summed E-state index contributed by atoms with van der Waals surface area (Å²) in [5.41, 5.74) is 6.89. The van der Waals surface area contributed by atoms with Gasteiger partial charge < -0.3 is 17.1 Å². The maximum atomic E-state index is 11.5. The van der Waals surface area contributed by atoms with Gasteiger partial charge in [-0.25, -0.2) is 4.79 Å². The zero-order chi connectivity index (χ0) is 12.0. The predicted molar refractivity (Wildman–Crippen MR) is 64.8 cm³/mol. The van der Waals surface area contributed by atoms with Gasteiger partial charge in [-0.3, -0.25) is 11.1 Å². The van der Waals surface area contributed by atoms with Crippen LogP contribution < -0.4 is 23.5 Å². The highest BCUT2D eigenvalue weighted by Gasteiger charge is 2.07. The first-order valence-corrected chi connectivity index (χ1v) is 5.88. The van der Waals surface area contributed by atoms with Crippen LogP contribution in [0.25, 0.3) is 0 Å². The van der Waals surface area contributed by atoms with Crippen molar-refractivity contribution in [1.82, 2.24) is 0 Å². The van der Waals surface area contributed by atoms with E-state index in [9.17, 15) is 4.79 Å². The molecule has 0 aliphatic rings. The minimum absolute atomic E-state index is 0. The van der Waals surface area contributed by atoms with Crippen LogP contribution in [0.4, 0.5) is 0 Å². The number of hydrogen-bond donors (Lipinski definition) is 2. The van der Waals surface area contributed by atoms with Gasteiger partial charge in [0, 0.05) is 5.75 Å². The summed E-state index contributed by atoms with van der Waals surface area (Å²) in [6, 6.07) is 7.24. The zero-order valence-corrected chi connectivity index (χ0v) is 11.1. The van der Waals surface area contributed by atoms with E-state index in [0.29, 0.717) is 23.1 Å². The minimum Gasteiger partial charge on any atom is -1.00 e. The van der Waals surface area contributed by atoms with Crippen molar-refractivity contribution >= 4 is 22.9 Å². The zero-order valence-electron chi connectivity index (χ0n) is 9.48. The molecular weight excluding hydrogens is 260 g/mol. The molecule has 17 heavy (non-hydrogen) atoms. The highest BCUT2D eigenvalue weighted by atomic mass is 35.5. The lowest BCUT2D eigenvalue weighted by Crippen LogP contribution is -3.00. The summed E-state index contributed by atoms with van der Waals surface area (Å²) in [6.07, 6.45) is 0. The largest absolute Gasteiger partial charge is 1.00 e. The van der Waals surface area contributed by atoms with Crippen LogP contribution in [0.3, 0.4) is 0 Å². The third-order valence-corrected chi connectivity index (χ3v) is 2.65. The number of ether oxygens (including phenoxy) is 1. The Kier molecular flexibility index (Phi) is 7.41. The van der Waals surface area contributed by atoms with Crippen molar-refractivity contribution in [3.8, 4) is 0 Å². The van der Waals surface area contributed by atoms with Gasteiger partial charge in [0.1, 0.15) is 0 Å². The highest BCUT2D eigenvalue weighted by Crippen LogP contribution is 2.13. The van der Waals surface area contributed by atoms with Gasteiger partial charge in [0.15, 0.2) is 0 Å². The lowest BCUT2D eigenvalue weighted by Gasteiger charge is -2.03. The van der Waals surface area contributed by atoms with E-state index in [1.807, 2.05) is 12.1 Å². The Balaban J connectivity index is 0.00000256. The van der Waals surface area contributed by atoms with Crippen molar-refractivity contribution < 1.29 is 27.3 Å². The Morgan fingerprint density at radius 2 is 2.24 bits per heavy atom. The molecule has 0 saturated heterocycles. The molecule has 0 saturated carbocycles. The molecule has 0 aromatic heterocycles. The second-order valence-corrected chi connectivity index (χ2v) is 4.16. The molecular formula is C11H15ClN2O2S. The fraction of sp³-hybridized carbons (Fsp3) is 0.273. The number of carbonyl (C=O) groups is 1. The van der Waals surface area contributed by atoms with Crippen LogP contribution in [0, 0.1) is 0 Å². The van der Waals surface area contributed by atoms with Crippen LogP contribution in [0.5, 0.6) is 0 Å². The lowest BCUT2D eigenvalue weighted by atomic mass is 10.1. The Morgan fingerprint density at radius 3 is 2.82 bits per heavy atom. The third kappa shape index (κ3) is 5.60. The number of rotatable bonds is 4. The van der Waals surface area contributed by atoms with E-state index < -0.39 is 0 Å². The molecule has 0 bridgehead atoms. The van der Waals surface area contributed by atoms with Gasteiger partial charge in [0.2, 0.25) is 0 Å². The molecule has 1 aromatic rings. The van der Waals surface area contributed by atoms with E-state index in [1.54, 1.807) is 19.1 Å². The number of benzene rings is 1. The quantitative estimate of drug-likeness (QED) is 0.353. The molecule has 0 unspecified atom stereocenters. The molecule has 0 spiro atoms. The average Bonchev–Trinajstić information content (AvgIpc) is 2.27. The van der Waals surface area contributed by atoms with Crippen LogP contribution in [0.15, 0.2) is 24.3 Å². The minimum atomic E-state index is -0.306. The summed E-state index contributed by atoms with van der Waals surface area (Å²) >= 11 is 1.34. The second kappa shape index (κ2) is 7.97. The van der Waals surface area contributed by atoms with Gasteiger partial charge in [0.25, 0.3) is 5.17 Å². The van der Waals surface area contributed by atoms with Gasteiger partial charge in [-0.05, 0) is 36.4 Å². The monoisotopic (exact) mass is 274 g/mol. The van der Waals surface area contributed by atoms with Crippen LogP contribution in [0.1, 0.15) is 22.8 Å².